The summed E-state index contributed by atoms with van der Waals surface area (Å²) < 4.78 is 29.5. The van der Waals surface area contributed by atoms with Crippen LogP contribution in [0, 0.1) is 20.8 Å². The van der Waals surface area contributed by atoms with Crippen molar-refractivity contribution in [1.82, 2.24) is 0 Å². The van der Waals surface area contributed by atoms with Crippen LogP contribution in [0.15, 0.2) is 12.1 Å². The van der Waals surface area contributed by atoms with Crippen molar-refractivity contribution in [3.8, 4) is 5.75 Å². The molecule has 2 fully saturated rings. The number of rotatable bonds is 3. The fourth-order valence-electron chi connectivity index (χ4n) is 3.52. The Kier molecular flexibility index (Phi) is 4.40. The van der Waals surface area contributed by atoms with Gasteiger partial charge in [-0.25, -0.2) is 0 Å². The summed E-state index contributed by atoms with van der Waals surface area (Å²) in [6.45, 7) is 10.4. The Morgan fingerprint density at radius 2 is 1.74 bits per heavy atom. The van der Waals surface area contributed by atoms with Gasteiger partial charge >= 0.3 is 0 Å². The van der Waals surface area contributed by atoms with Crippen LogP contribution in [0.3, 0.4) is 0 Å². The summed E-state index contributed by atoms with van der Waals surface area (Å²) in [5.74, 6) is 0.223. The summed E-state index contributed by atoms with van der Waals surface area (Å²) in [5, 5.41) is 0. The Balaban J connectivity index is 1.89. The Bertz CT molecular complexity index is 560. The predicted molar refractivity (Wildman–Crippen MR) is 85.6 cm³/mol. The molecule has 1 aromatic carbocycles. The van der Waals surface area contributed by atoms with Gasteiger partial charge in [-0.05, 0) is 45.7 Å². The van der Waals surface area contributed by atoms with Crippen molar-refractivity contribution in [2.24, 2.45) is 0 Å². The van der Waals surface area contributed by atoms with Gasteiger partial charge in [-0.15, -0.1) is 0 Å². The Morgan fingerprint density at radius 3 is 2.35 bits per heavy atom. The van der Waals surface area contributed by atoms with E-state index >= 15 is 0 Å². The van der Waals surface area contributed by atoms with E-state index in [9.17, 15) is 0 Å². The molecule has 0 saturated carbocycles. The van der Waals surface area contributed by atoms with Crippen LogP contribution in [-0.2, 0) is 18.9 Å². The van der Waals surface area contributed by atoms with Crippen LogP contribution in [-0.4, -0.2) is 44.1 Å². The third kappa shape index (κ3) is 3.24. The standard InChI is InChI=1S/C18H26O5/c1-10-7-11(2)14(12(3)8-10)21-16-15-13(9-20-17(16)19-6)22-18(4,5)23-15/h7-8,13,15-17H,9H2,1-6H3/t13-,15-,16-,17+/m0/s1. The highest BCUT2D eigenvalue weighted by Crippen LogP contribution is 2.37. The lowest BCUT2D eigenvalue weighted by atomic mass is 10.0. The molecule has 0 aliphatic carbocycles. The van der Waals surface area contributed by atoms with E-state index in [0.717, 1.165) is 16.9 Å². The molecule has 0 unspecified atom stereocenters. The van der Waals surface area contributed by atoms with Crippen molar-refractivity contribution < 1.29 is 23.7 Å². The van der Waals surface area contributed by atoms with Gasteiger partial charge in [-0.2, -0.15) is 0 Å². The minimum atomic E-state index is -0.639. The predicted octanol–water partition coefficient (Wildman–Crippen LogP) is 2.88. The maximum Gasteiger partial charge on any atom is 0.197 e. The summed E-state index contributed by atoms with van der Waals surface area (Å²) in [7, 11) is 1.62. The fraction of sp³-hybridized carbons (Fsp3) is 0.667. The first kappa shape index (κ1) is 16.7. The Morgan fingerprint density at radius 1 is 1.09 bits per heavy atom. The molecule has 0 aromatic heterocycles. The van der Waals surface area contributed by atoms with Crippen molar-refractivity contribution in [3.05, 3.63) is 28.8 Å². The topological polar surface area (TPSA) is 46.2 Å². The van der Waals surface area contributed by atoms with Gasteiger partial charge in [0.25, 0.3) is 0 Å². The lowest BCUT2D eigenvalue weighted by Gasteiger charge is -2.37. The zero-order valence-corrected chi connectivity index (χ0v) is 14.7. The molecule has 1 aromatic rings. The largest absolute Gasteiger partial charge is 0.482 e. The maximum atomic E-state index is 6.33. The highest BCUT2D eigenvalue weighted by Gasteiger charge is 2.52. The molecule has 0 amide bonds. The van der Waals surface area contributed by atoms with Crippen molar-refractivity contribution in [3.63, 3.8) is 0 Å². The van der Waals surface area contributed by atoms with Gasteiger partial charge in [0, 0.05) is 7.11 Å². The second-order valence-corrected chi connectivity index (χ2v) is 6.89. The number of ether oxygens (including phenoxy) is 5. The smallest absolute Gasteiger partial charge is 0.197 e. The molecule has 3 rings (SSSR count). The molecule has 4 atom stereocenters. The van der Waals surface area contributed by atoms with E-state index in [1.165, 1.54) is 5.56 Å². The summed E-state index contributed by atoms with van der Waals surface area (Å²) in [6, 6.07) is 4.22. The molecule has 2 aliphatic rings. The van der Waals surface area contributed by atoms with Crippen LogP contribution in [0.25, 0.3) is 0 Å². The normalized spacial score (nSPS) is 32.6. The average Bonchev–Trinajstić information content (AvgIpc) is 2.76. The molecule has 2 heterocycles. The lowest BCUT2D eigenvalue weighted by molar-refractivity contribution is -0.234. The van der Waals surface area contributed by atoms with Crippen LogP contribution in [0.4, 0.5) is 0 Å². The summed E-state index contributed by atoms with van der Waals surface area (Å²) in [6.07, 6.45) is -1.22. The molecule has 0 N–H and O–H groups in total. The highest BCUT2D eigenvalue weighted by atomic mass is 16.8. The fourth-order valence-corrected chi connectivity index (χ4v) is 3.52. The van der Waals surface area contributed by atoms with E-state index in [1.54, 1.807) is 7.11 Å². The number of fused-ring (bicyclic) bond motifs is 1. The molecule has 128 valence electrons. The molecule has 23 heavy (non-hydrogen) atoms. The van der Waals surface area contributed by atoms with E-state index in [1.807, 2.05) is 27.7 Å². The summed E-state index contributed by atoms with van der Waals surface area (Å²) in [4.78, 5) is 0. The van der Waals surface area contributed by atoms with Gasteiger partial charge in [-0.1, -0.05) is 17.7 Å². The first-order valence-electron chi connectivity index (χ1n) is 8.05. The Hall–Kier alpha value is -1.14. The first-order chi connectivity index (χ1) is 10.8. The zero-order valence-electron chi connectivity index (χ0n) is 14.7. The second kappa shape index (κ2) is 6.06. The molecule has 2 saturated heterocycles. The summed E-state index contributed by atoms with van der Waals surface area (Å²) >= 11 is 0. The molecule has 0 radical (unpaired) electrons. The van der Waals surface area contributed by atoms with Crippen LogP contribution < -0.4 is 4.74 Å². The maximum absolute atomic E-state index is 6.33. The first-order valence-corrected chi connectivity index (χ1v) is 8.05. The van der Waals surface area contributed by atoms with E-state index in [0.29, 0.717) is 6.61 Å². The van der Waals surface area contributed by atoms with Gasteiger partial charge in [0.1, 0.15) is 18.0 Å². The van der Waals surface area contributed by atoms with Crippen LogP contribution in [0.2, 0.25) is 0 Å². The molecule has 0 spiro atoms. The van der Waals surface area contributed by atoms with E-state index < -0.39 is 12.1 Å². The van der Waals surface area contributed by atoms with Gasteiger partial charge in [0.05, 0.1) is 6.61 Å². The average molecular weight is 322 g/mol. The number of hydrogen-bond donors (Lipinski definition) is 0. The second-order valence-electron chi connectivity index (χ2n) is 6.89. The Labute approximate surface area is 137 Å². The molecule has 2 aliphatic heterocycles. The zero-order chi connectivity index (χ0) is 16.8. The molecule has 5 heteroatoms. The summed E-state index contributed by atoms with van der Waals surface area (Å²) in [5.41, 5.74) is 3.41. The quantitative estimate of drug-likeness (QED) is 0.856. The van der Waals surface area contributed by atoms with Crippen LogP contribution >= 0.6 is 0 Å². The highest BCUT2D eigenvalue weighted by molar-refractivity contribution is 5.43. The number of hydrogen-bond acceptors (Lipinski definition) is 5. The third-order valence-electron chi connectivity index (χ3n) is 4.33. The van der Waals surface area contributed by atoms with Crippen LogP contribution in [0.5, 0.6) is 5.75 Å². The van der Waals surface area contributed by atoms with Gasteiger partial charge in [0.15, 0.2) is 18.2 Å². The van der Waals surface area contributed by atoms with Gasteiger partial charge in [0.2, 0.25) is 0 Å². The lowest BCUT2D eigenvalue weighted by Crippen LogP contribution is -2.55. The number of aryl methyl sites for hydroxylation is 3. The van der Waals surface area contributed by atoms with Crippen LogP contribution in [0.1, 0.15) is 30.5 Å². The van der Waals surface area contributed by atoms with Crippen molar-refractivity contribution in [2.75, 3.05) is 13.7 Å². The van der Waals surface area contributed by atoms with E-state index in [2.05, 4.69) is 19.1 Å². The van der Waals surface area contributed by atoms with E-state index in [-0.39, 0.29) is 18.3 Å². The monoisotopic (exact) mass is 322 g/mol. The van der Waals surface area contributed by atoms with Gasteiger partial charge in [-0.3, -0.25) is 0 Å². The molecule has 0 bridgehead atoms. The minimum Gasteiger partial charge on any atom is -0.482 e. The number of benzene rings is 1. The van der Waals surface area contributed by atoms with E-state index in [4.69, 9.17) is 23.7 Å². The third-order valence-corrected chi connectivity index (χ3v) is 4.33. The van der Waals surface area contributed by atoms with Crippen molar-refractivity contribution in [1.29, 1.82) is 0 Å². The van der Waals surface area contributed by atoms with Gasteiger partial charge < -0.3 is 23.7 Å². The van der Waals surface area contributed by atoms with Crippen molar-refractivity contribution >= 4 is 0 Å². The SMILES string of the molecule is CO[C@@H]1OC[C@@H]2OC(C)(C)O[C@@H]2[C@@H]1Oc1c(C)cc(C)cc1C. The minimum absolute atomic E-state index is 0.146. The number of methoxy groups -OCH3 is 1. The molecule has 5 nitrogen and oxygen atoms in total. The van der Waals surface area contributed by atoms with Crippen molar-refractivity contribution in [2.45, 2.75) is 65.0 Å². The molecular weight excluding hydrogens is 296 g/mol. The molecular formula is C18H26O5.